The van der Waals surface area contributed by atoms with Crippen LogP contribution in [0.3, 0.4) is 0 Å². The van der Waals surface area contributed by atoms with Gasteiger partial charge in [-0.2, -0.15) is 0 Å². The first-order valence-corrected chi connectivity index (χ1v) is 7.42. The number of nitrogens with one attached hydrogen (secondary N) is 1. The molecule has 1 aliphatic rings. The summed E-state index contributed by atoms with van der Waals surface area (Å²) in [5.74, 6) is 2.24. The van der Waals surface area contributed by atoms with Gasteiger partial charge < -0.3 is 19.5 Å². The van der Waals surface area contributed by atoms with Crippen LogP contribution in [0.25, 0.3) is 0 Å². The van der Waals surface area contributed by atoms with Crippen LogP contribution in [0.2, 0.25) is 0 Å². The van der Waals surface area contributed by atoms with Crippen molar-refractivity contribution >= 4 is 5.69 Å². The average Bonchev–Trinajstić information content (AvgIpc) is 2.80. The maximum atomic E-state index is 5.74. The van der Waals surface area contributed by atoms with E-state index in [0.717, 1.165) is 29.2 Å². The molecule has 1 unspecified atom stereocenters. The van der Waals surface area contributed by atoms with E-state index >= 15 is 0 Å². The van der Waals surface area contributed by atoms with Gasteiger partial charge in [-0.3, -0.25) is 0 Å². The predicted molar refractivity (Wildman–Crippen MR) is 84.9 cm³/mol. The number of aromatic nitrogens is 1. The lowest BCUT2D eigenvalue weighted by Crippen LogP contribution is -2.07. The maximum Gasteiger partial charge on any atom is 0.213 e. The third kappa shape index (κ3) is 3.24. The van der Waals surface area contributed by atoms with Gasteiger partial charge in [-0.05, 0) is 30.7 Å². The van der Waals surface area contributed by atoms with Crippen molar-refractivity contribution in [1.82, 2.24) is 4.98 Å². The molecular formula is C17H20N2O3. The van der Waals surface area contributed by atoms with Crippen molar-refractivity contribution in [2.45, 2.75) is 19.4 Å². The molecule has 1 N–H and O–H groups in total. The van der Waals surface area contributed by atoms with Crippen molar-refractivity contribution in [3.8, 4) is 17.4 Å². The molecule has 22 heavy (non-hydrogen) atoms. The van der Waals surface area contributed by atoms with Crippen molar-refractivity contribution in [2.75, 3.05) is 25.6 Å². The highest BCUT2D eigenvalue weighted by Gasteiger charge is 2.13. The van der Waals surface area contributed by atoms with Gasteiger partial charge in [0.1, 0.15) is 0 Å². The summed E-state index contributed by atoms with van der Waals surface area (Å²) < 4.78 is 16.5. The molecular weight excluding hydrogens is 280 g/mol. The molecule has 1 aromatic carbocycles. The Morgan fingerprint density at radius 1 is 1.14 bits per heavy atom. The number of pyridine rings is 1. The van der Waals surface area contributed by atoms with Crippen LogP contribution in [0, 0.1) is 0 Å². The van der Waals surface area contributed by atoms with Crippen LogP contribution in [-0.4, -0.2) is 25.3 Å². The van der Waals surface area contributed by atoms with Gasteiger partial charge in [0.05, 0.1) is 32.2 Å². The lowest BCUT2D eigenvalue weighted by Gasteiger charge is -2.17. The van der Waals surface area contributed by atoms with E-state index in [-0.39, 0.29) is 6.04 Å². The Hall–Kier alpha value is -2.43. The fraction of sp³-hybridized carbons (Fsp3) is 0.353. The predicted octanol–water partition coefficient (Wildman–Crippen LogP) is 3.42. The summed E-state index contributed by atoms with van der Waals surface area (Å²) in [6.07, 6.45) is 2.67. The van der Waals surface area contributed by atoms with Gasteiger partial charge in [-0.1, -0.05) is 6.07 Å². The second-order valence-electron chi connectivity index (χ2n) is 5.21. The fourth-order valence-corrected chi connectivity index (χ4v) is 2.37. The Morgan fingerprint density at radius 2 is 1.95 bits per heavy atom. The molecule has 5 heteroatoms. The molecule has 0 spiro atoms. The molecule has 2 heterocycles. The molecule has 1 aromatic heterocycles. The molecule has 0 fully saturated rings. The topological polar surface area (TPSA) is 52.6 Å². The van der Waals surface area contributed by atoms with Gasteiger partial charge in [-0.15, -0.1) is 0 Å². The molecule has 5 nitrogen and oxygen atoms in total. The minimum Gasteiger partial charge on any atom is -0.490 e. The van der Waals surface area contributed by atoms with Crippen LogP contribution in [0.15, 0.2) is 36.5 Å². The Bertz CT molecular complexity index is 628. The van der Waals surface area contributed by atoms with Gasteiger partial charge in [0.25, 0.3) is 0 Å². The molecule has 1 atom stereocenters. The summed E-state index contributed by atoms with van der Waals surface area (Å²) in [5.41, 5.74) is 2.08. The Balaban J connectivity index is 1.73. The van der Waals surface area contributed by atoms with Gasteiger partial charge in [0.15, 0.2) is 11.5 Å². The molecule has 2 aromatic rings. The highest BCUT2D eigenvalue weighted by Crippen LogP contribution is 2.33. The molecule has 1 aliphatic heterocycles. The number of methoxy groups -OCH3 is 1. The summed E-state index contributed by atoms with van der Waals surface area (Å²) in [6.45, 7) is 3.50. The third-order valence-corrected chi connectivity index (χ3v) is 3.60. The largest absolute Gasteiger partial charge is 0.490 e. The number of anilines is 1. The standard InChI is InChI=1S/C17H20N2O3/c1-12(19-14-5-7-17(20-2)18-11-14)13-4-6-15-16(10-13)22-9-3-8-21-15/h4-7,10-12,19H,3,8-9H2,1-2H3. The summed E-state index contributed by atoms with van der Waals surface area (Å²) in [6, 6.07) is 9.99. The van der Waals surface area contributed by atoms with Crippen molar-refractivity contribution in [3.05, 3.63) is 42.1 Å². The summed E-state index contributed by atoms with van der Waals surface area (Å²) in [7, 11) is 1.61. The number of ether oxygens (including phenoxy) is 3. The molecule has 0 radical (unpaired) electrons. The molecule has 3 rings (SSSR count). The van der Waals surface area contributed by atoms with Crippen LogP contribution in [-0.2, 0) is 0 Å². The van der Waals surface area contributed by atoms with Crippen molar-refractivity contribution in [2.24, 2.45) is 0 Å². The van der Waals surface area contributed by atoms with E-state index < -0.39 is 0 Å². The highest BCUT2D eigenvalue weighted by molar-refractivity contribution is 5.48. The number of nitrogens with zero attached hydrogens (tertiary/aromatic N) is 1. The molecule has 0 aliphatic carbocycles. The first-order chi connectivity index (χ1) is 10.8. The molecule has 0 amide bonds. The van der Waals surface area contributed by atoms with Crippen molar-refractivity contribution < 1.29 is 14.2 Å². The zero-order valence-electron chi connectivity index (χ0n) is 12.8. The second kappa shape index (κ2) is 6.56. The monoisotopic (exact) mass is 300 g/mol. The number of benzene rings is 1. The van der Waals surface area contributed by atoms with Crippen LogP contribution >= 0.6 is 0 Å². The van der Waals surface area contributed by atoms with E-state index in [1.807, 2.05) is 24.3 Å². The summed E-state index contributed by atoms with van der Waals surface area (Å²) in [4.78, 5) is 4.20. The number of hydrogen-bond donors (Lipinski definition) is 1. The normalized spacial score (nSPS) is 14.8. The van der Waals surface area contributed by atoms with Crippen LogP contribution in [0.1, 0.15) is 24.9 Å². The van der Waals surface area contributed by atoms with Crippen LogP contribution < -0.4 is 19.5 Å². The molecule has 0 bridgehead atoms. The number of rotatable bonds is 4. The molecule has 0 saturated heterocycles. The van der Waals surface area contributed by atoms with Gasteiger partial charge >= 0.3 is 0 Å². The van der Waals surface area contributed by atoms with E-state index in [4.69, 9.17) is 14.2 Å². The Morgan fingerprint density at radius 3 is 2.68 bits per heavy atom. The zero-order chi connectivity index (χ0) is 15.4. The van der Waals surface area contributed by atoms with E-state index in [2.05, 4.69) is 23.3 Å². The van der Waals surface area contributed by atoms with Gasteiger partial charge in [-0.25, -0.2) is 4.98 Å². The third-order valence-electron chi connectivity index (χ3n) is 3.60. The minimum atomic E-state index is 0.132. The summed E-state index contributed by atoms with van der Waals surface area (Å²) in [5, 5.41) is 3.42. The molecule has 116 valence electrons. The lowest BCUT2D eigenvalue weighted by molar-refractivity contribution is 0.297. The first kappa shape index (κ1) is 14.5. The van der Waals surface area contributed by atoms with Gasteiger partial charge in [0.2, 0.25) is 5.88 Å². The zero-order valence-corrected chi connectivity index (χ0v) is 12.8. The smallest absolute Gasteiger partial charge is 0.213 e. The fourth-order valence-electron chi connectivity index (χ4n) is 2.37. The van der Waals surface area contributed by atoms with Crippen LogP contribution in [0.5, 0.6) is 17.4 Å². The van der Waals surface area contributed by atoms with Crippen molar-refractivity contribution in [1.29, 1.82) is 0 Å². The average molecular weight is 300 g/mol. The summed E-state index contributed by atoms with van der Waals surface area (Å²) >= 11 is 0. The SMILES string of the molecule is COc1ccc(NC(C)c2ccc3c(c2)OCCCO3)cn1. The second-order valence-corrected chi connectivity index (χ2v) is 5.21. The van der Waals surface area contributed by atoms with E-state index in [0.29, 0.717) is 19.1 Å². The quantitative estimate of drug-likeness (QED) is 0.937. The van der Waals surface area contributed by atoms with E-state index in [1.54, 1.807) is 13.3 Å². The lowest BCUT2D eigenvalue weighted by atomic mass is 10.1. The molecule has 0 saturated carbocycles. The van der Waals surface area contributed by atoms with Crippen LogP contribution in [0.4, 0.5) is 5.69 Å². The highest BCUT2D eigenvalue weighted by atomic mass is 16.5. The minimum absolute atomic E-state index is 0.132. The number of fused-ring (bicyclic) bond motifs is 1. The van der Waals surface area contributed by atoms with Gasteiger partial charge in [0, 0.05) is 18.5 Å². The van der Waals surface area contributed by atoms with E-state index in [1.165, 1.54) is 0 Å². The number of hydrogen-bond acceptors (Lipinski definition) is 5. The maximum absolute atomic E-state index is 5.74. The van der Waals surface area contributed by atoms with E-state index in [9.17, 15) is 0 Å². The first-order valence-electron chi connectivity index (χ1n) is 7.42. The Labute approximate surface area is 130 Å². The van der Waals surface area contributed by atoms with Crippen molar-refractivity contribution in [3.63, 3.8) is 0 Å². The Kier molecular flexibility index (Phi) is 4.32.